The second-order valence-corrected chi connectivity index (χ2v) is 9.83. The van der Waals surface area contributed by atoms with Crippen molar-refractivity contribution in [3.8, 4) is 29.7 Å². The molecule has 1 N–H and O–H groups in total. The van der Waals surface area contributed by atoms with E-state index in [-0.39, 0.29) is 0 Å². The number of hydrogen-bond donors (Lipinski definition) is 1. The summed E-state index contributed by atoms with van der Waals surface area (Å²) in [5.41, 5.74) is -2.80. The Balaban J connectivity index is 1.71. The van der Waals surface area contributed by atoms with Gasteiger partial charge in [-0.25, -0.2) is 0 Å². The summed E-state index contributed by atoms with van der Waals surface area (Å²) >= 11 is 0. The Morgan fingerprint density at radius 1 is 0.895 bits per heavy atom. The number of nitrogens with zero attached hydrogens (tertiary/aromatic N) is 3. The molecular weight excluding hydrogens is 480 g/mol. The van der Waals surface area contributed by atoms with Gasteiger partial charge in [-0.15, -0.1) is 0 Å². The number of hydrogen-bond acceptors (Lipinski definition) is 8. The molecule has 2 bridgehead atoms. The lowest BCUT2D eigenvalue weighted by Gasteiger charge is -2.48. The molecule has 2 aliphatic heterocycles. The van der Waals surface area contributed by atoms with Crippen molar-refractivity contribution in [1.29, 1.82) is 21.2 Å². The number of unbranched alkanes of at least 4 members (excludes halogenated alkanes) is 4. The maximum atomic E-state index is 10.5. The Bertz CT molecular complexity index is 1270. The smallest absolute Gasteiger partial charge is 0.244 e. The summed E-state index contributed by atoms with van der Waals surface area (Å²) < 4.78 is 23.7. The molecule has 2 aromatic carbocycles. The van der Waals surface area contributed by atoms with E-state index in [1.165, 1.54) is 19.3 Å². The molecule has 8 heteroatoms. The fraction of sp³-hybridized carbons (Fsp3) is 0.467. The van der Waals surface area contributed by atoms with Gasteiger partial charge in [0, 0.05) is 5.56 Å². The zero-order valence-corrected chi connectivity index (χ0v) is 22.0. The minimum atomic E-state index is -2.02. The van der Waals surface area contributed by atoms with E-state index < -0.39 is 34.5 Å². The molecule has 2 aliphatic rings. The van der Waals surface area contributed by atoms with E-state index in [1.807, 2.05) is 0 Å². The molecule has 38 heavy (non-hydrogen) atoms. The Morgan fingerprint density at radius 3 is 2.11 bits per heavy atom. The third-order valence-corrected chi connectivity index (χ3v) is 7.86. The summed E-state index contributed by atoms with van der Waals surface area (Å²) in [6, 6.07) is 20.3. The Labute approximate surface area is 223 Å². The third-order valence-electron chi connectivity index (χ3n) is 7.86. The number of nitrogens with one attached hydrogen (secondary N) is 1. The van der Waals surface area contributed by atoms with Crippen LogP contribution in [0.5, 0.6) is 11.5 Å². The molecule has 0 aliphatic carbocycles. The van der Waals surface area contributed by atoms with Gasteiger partial charge in [-0.05, 0) is 48.4 Å². The van der Waals surface area contributed by atoms with Gasteiger partial charge >= 0.3 is 0 Å². The van der Waals surface area contributed by atoms with Crippen LogP contribution in [0.25, 0.3) is 0 Å². The van der Waals surface area contributed by atoms with Crippen molar-refractivity contribution < 1.29 is 18.9 Å². The molecule has 2 aromatic rings. The van der Waals surface area contributed by atoms with E-state index in [1.54, 1.807) is 62.6 Å². The fourth-order valence-electron chi connectivity index (χ4n) is 5.63. The molecule has 4 rings (SSSR count). The largest absolute Gasteiger partial charge is 0.497 e. The quantitative estimate of drug-likeness (QED) is 0.377. The zero-order valence-electron chi connectivity index (χ0n) is 22.0. The van der Waals surface area contributed by atoms with Crippen LogP contribution < -0.4 is 9.47 Å². The topological polar surface area (TPSA) is 132 Å². The zero-order chi connectivity index (χ0) is 27.4. The third kappa shape index (κ3) is 3.95. The van der Waals surface area contributed by atoms with E-state index in [2.05, 4.69) is 25.1 Å². The fourth-order valence-corrected chi connectivity index (χ4v) is 5.63. The lowest BCUT2D eigenvalue weighted by Crippen LogP contribution is -2.57. The van der Waals surface area contributed by atoms with Gasteiger partial charge in [0.15, 0.2) is 5.41 Å². The van der Waals surface area contributed by atoms with Gasteiger partial charge in [-0.3, -0.25) is 5.41 Å². The average molecular weight is 513 g/mol. The van der Waals surface area contributed by atoms with Gasteiger partial charge in [0.1, 0.15) is 17.6 Å². The average Bonchev–Trinajstić information content (AvgIpc) is 3.11. The van der Waals surface area contributed by atoms with Crippen LogP contribution in [0.4, 0.5) is 0 Å². The van der Waals surface area contributed by atoms with Gasteiger partial charge in [-0.1, -0.05) is 51.7 Å². The standard InChI is InChI=1S/C30H32N4O4/c1-4-5-6-7-8-17-36-25-13-9-22(10-14-25)26-28(18-31,19-32)29(20-33)21(2)30(37-26,38-27(29)34)23-11-15-24(35-3)16-12-23/h9-16,21,26,34H,4-8,17H2,1-3H3. The SMILES string of the molecule is CCCCCCCOc1ccc(C2OC3(c4ccc(OC)cc4)OC(=N)C(C#N)(C3C)C2(C#N)C#N)cc1. The minimum absolute atomic E-state index is 0.447. The highest BCUT2D eigenvalue weighted by Gasteiger charge is 2.79. The van der Waals surface area contributed by atoms with Crippen LogP contribution >= 0.6 is 0 Å². The van der Waals surface area contributed by atoms with Crippen molar-refractivity contribution in [3.63, 3.8) is 0 Å². The molecule has 4 unspecified atom stereocenters. The van der Waals surface area contributed by atoms with Crippen molar-refractivity contribution in [2.75, 3.05) is 13.7 Å². The van der Waals surface area contributed by atoms with Gasteiger partial charge in [-0.2, -0.15) is 15.8 Å². The van der Waals surface area contributed by atoms with Gasteiger partial charge in [0.2, 0.25) is 17.1 Å². The molecule has 4 atom stereocenters. The second kappa shape index (κ2) is 10.7. The highest BCUT2D eigenvalue weighted by atomic mass is 16.7. The molecule has 196 valence electrons. The molecule has 0 radical (unpaired) electrons. The number of rotatable bonds is 10. The van der Waals surface area contributed by atoms with Gasteiger partial charge in [0.25, 0.3) is 0 Å². The molecule has 2 fully saturated rings. The van der Waals surface area contributed by atoms with Crippen molar-refractivity contribution in [3.05, 3.63) is 59.7 Å². The maximum absolute atomic E-state index is 10.5. The van der Waals surface area contributed by atoms with Crippen LogP contribution in [0.1, 0.15) is 63.2 Å². The molecular formula is C30H32N4O4. The summed E-state index contributed by atoms with van der Waals surface area (Å²) in [4.78, 5) is 0. The lowest BCUT2D eigenvalue weighted by atomic mass is 9.53. The molecule has 2 saturated heterocycles. The van der Waals surface area contributed by atoms with Crippen LogP contribution in [-0.2, 0) is 15.3 Å². The first-order chi connectivity index (χ1) is 18.4. The molecule has 0 spiro atoms. The molecule has 0 saturated carbocycles. The molecule has 8 nitrogen and oxygen atoms in total. The van der Waals surface area contributed by atoms with Crippen LogP contribution in [0.2, 0.25) is 0 Å². The summed E-state index contributed by atoms with van der Waals surface area (Å²) in [6.07, 6.45) is 4.51. The molecule has 0 amide bonds. The van der Waals surface area contributed by atoms with Crippen LogP contribution in [0.3, 0.4) is 0 Å². The summed E-state index contributed by atoms with van der Waals surface area (Å²) in [5.74, 6) is -1.54. The van der Waals surface area contributed by atoms with Crippen molar-refractivity contribution >= 4 is 5.90 Å². The van der Waals surface area contributed by atoms with E-state index in [4.69, 9.17) is 24.4 Å². The highest BCUT2D eigenvalue weighted by Crippen LogP contribution is 2.69. The van der Waals surface area contributed by atoms with Gasteiger partial charge in [0.05, 0.1) is 37.8 Å². The lowest BCUT2D eigenvalue weighted by molar-refractivity contribution is -0.288. The van der Waals surface area contributed by atoms with E-state index in [0.29, 0.717) is 29.2 Å². The summed E-state index contributed by atoms with van der Waals surface area (Å²) in [5, 5.41) is 40.0. The number of ether oxygens (including phenoxy) is 4. The number of fused-ring (bicyclic) bond motifs is 2. The Kier molecular flexibility index (Phi) is 7.63. The van der Waals surface area contributed by atoms with Gasteiger partial charge < -0.3 is 18.9 Å². The predicted octanol–water partition coefficient (Wildman–Crippen LogP) is 6.16. The van der Waals surface area contributed by atoms with E-state index in [9.17, 15) is 15.8 Å². The first kappa shape index (κ1) is 27.0. The van der Waals surface area contributed by atoms with Crippen molar-refractivity contribution in [1.82, 2.24) is 0 Å². The summed E-state index contributed by atoms with van der Waals surface area (Å²) in [6.45, 7) is 4.47. The number of methoxy groups -OCH3 is 1. The summed E-state index contributed by atoms with van der Waals surface area (Å²) in [7, 11) is 1.56. The minimum Gasteiger partial charge on any atom is -0.497 e. The number of benzene rings is 2. The van der Waals surface area contributed by atoms with Crippen LogP contribution in [-0.4, -0.2) is 19.6 Å². The molecule has 0 aromatic heterocycles. The van der Waals surface area contributed by atoms with E-state index in [0.717, 1.165) is 12.8 Å². The Morgan fingerprint density at radius 2 is 1.53 bits per heavy atom. The van der Waals surface area contributed by atoms with Crippen LogP contribution in [0, 0.1) is 56.2 Å². The Hall–Kier alpha value is -4.06. The number of nitriles is 3. The highest BCUT2D eigenvalue weighted by molar-refractivity contribution is 5.89. The maximum Gasteiger partial charge on any atom is 0.244 e. The first-order valence-electron chi connectivity index (χ1n) is 13.0. The predicted molar refractivity (Wildman–Crippen MR) is 139 cm³/mol. The monoisotopic (exact) mass is 512 g/mol. The first-order valence-corrected chi connectivity index (χ1v) is 13.0. The van der Waals surface area contributed by atoms with Crippen molar-refractivity contribution in [2.24, 2.45) is 16.7 Å². The molecule has 2 heterocycles. The second-order valence-electron chi connectivity index (χ2n) is 9.83. The van der Waals surface area contributed by atoms with Crippen LogP contribution in [0.15, 0.2) is 48.5 Å². The normalized spacial score (nSPS) is 26.9. The van der Waals surface area contributed by atoms with Crippen molar-refractivity contribution in [2.45, 2.75) is 57.8 Å². The van der Waals surface area contributed by atoms with E-state index >= 15 is 0 Å².